The smallest absolute Gasteiger partial charge is 0.119 e. The van der Waals surface area contributed by atoms with Gasteiger partial charge in [0, 0.05) is 42.2 Å². The highest BCUT2D eigenvalue weighted by molar-refractivity contribution is 7.10. The lowest BCUT2D eigenvalue weighted by Gasteiger charge is -2.09. The predicted molar refractivity (Wildman–Crippen MR) is 422 cm³/mol. The van der Waals surface area contributed by atoms with Gasteiger partial charge in [-0.1, -0.05) is 328 Å². The summed E-state index contributed by atoms with van der Waals surface area (Å²) >= 11 is 1.83. The van der Waals surface area contributed by atoms with E-state index in [-0.39, 0.29) is 52.0 Å². The molecule has 0 bridgehead atoms. The van der Waals surface area contributed by atoms with Crippen LogP contribution in [0.2, 0.25) is 0 Å². The normalized spacial score (nSPS) is 10.7. The number of aryl methyl sites for hydroxylation is 4. The summed E-state index contributed by atoms with van der Waals surface area (Å²) in [6.45, 7) is 45.9. The minimum absolute atomic E-state index is 0. The highest BCUT2D eigenvalue weighted by Gasteiger charge is 2.28. The Hall–Kier alpha value is -6.50. The molecule has 3 heterocycles. The number of hydrogen-bond acceptors (Lipinski definition) is 4. The van der Waals surface area contributed by atoms with Gasteiger partial charge in [-0.05, 0) is 143 Å². The van der Waals surface area contributed by atoms with Gasteiger partial charge in [0.25, 0.3) is 0 Å². The fraction of sp³-hybridized carbons (Fsp3) is 0.488. The van der Waals surface area contributed by atoms with E-state index in [9.17, 15) is 5.11 Å². The van der Waals surface area contributed by atoms with E-state index < -0.39 is 0 Å². The van der Waals surface area contributed by atoms with Crippen LogP contribution in [0.5, 0.6) is 5.75 Å². The minimum Gasteiger partial charge on any atom is -0.508 e. The van der Waals surface area contributed by atoms with Crippen LogP contribution in [-0.2, 0) is 13.5 Å². The second kappa shape index (κ2) is 49.1. The van der Waals surface area contributed by atoms with Crippen molar-refractivity contribution in [2.24, 2.45) is 7.05 Å². The molecule has 10 rings (SSSR count). The van der Waals surface area contributed by atoms with Gasteiger partial charge in [0.1, 0.15) is 17.4 Å². The number of phenolic OH excluding ortho intramolecular Hbond substituents is 1. The van der Waals surface area contributed by atoms with E-state index in [1.165, 1.54) is 73.6 Å². The molecule has 1 aliphatic carbocycles. The number of imidazole rings is 2. The fourth-order valence-electron chi connectivity index (χ4n) is 9.10. The first kappa shape index (κ1) is 94.2. The molecule has 0 unspecified atom stereocenters. The van der Waals surface area contributed by atoms with Crippen LogP contribution in [-0.4, -0.2) is 24.2 Å². The van der Waals surface area contributed by atoms with Crippen LogP contribution in [0.3, 0.4) is 0 Å². The molecule has 1 saturated carbocycles. The predicted octanol–water partition coefficient (Wildman–Crippen LogP) is 28.4. The van der Waals surface area contributed by atoms with Crippen LogP contribution < -0.4 is 0 Å². The third-order valence-electron chi connectivity index (χ3n) is 14.9. The summed E-state index contributed by atoms with van der Waals surface area (Å²) in [6.07, 6.45) is 7.57. The molecule has 6 heteroatoms. The van der Waals surface area contributed by atoms with Gasteiger partial charge >= 0.3 is 0 Å². The second-order valence-electron chi connectivity index (χ2n) is 25.5. The monoisotopic (exact) mass is 1280 g/mol. The molecule has 516 valence electrons. The van der Waals surface area contributed by atoms with Crippen LogP contribution >= 0.6 is 11.3 Å². The molecule has 9 aromatic rings. The molecular formula is C86H140N4OS. The van der Waals surface area contributed by atoms with Crippen LogP contribution in [0.15, 0.2) is 175 Å². The van der Waals surface area contributed by atoms with Gasteiger partial charge in [-0.3, -0.25) is 0 Å². The lowest BCUT2D eigenvalue weighted by molar-refractivity contribution is 0.465. The van der Waals surface area contributed by atoms with Crippen molar-refractivity contribution in [3.8, 4) is 5.75 Å². The average molecular weight is 1280 g/mol. The Morgan fingerprint density at radius 1 is 0.446 bits per heavy atom. The van der Waals surface area contributed by atoms with E-state index >= 15 is 0 Å². The maximum atomic E-state index is 9.28. The van der Waals surface area contributed by atoms with Crippen LogP contribution in [0.4, 0.5) is 0 Å². The quantitative estimate of drug-likeness (QED) is 0.140. The topological polar surface area (TPSA) is 55.9 Å². The van der Waals surface area contributed by atoms with E-state index in [2.05, 4.69) is 294 Å². The van der Waals surface area contributed by atoms with E-state index in [0.29, 0.717) is 59.0 Å². The number of fused-ring (bicyclic) bond motifs is 1. The number of nitrogens with zero attached hydrogens (tertiary/aromatic N) is 4. The molecule has 1 aliphatic rings. The van der Waals surface area contributed by atoms with E-state index in [1.807, 2.05) is 53.5 Å². The molecule has 0 aliphatic heterocycles. The summed E-state index contributed by atoms with van der Waals surface area (Å²) < 4.78 is 4.49. The number of benzene rings is 6. The summed E-state index contributed by atoms with van der Waals surface area (Å²) in [6, 6.07) is 56.1. The number of hydrogen-bond donors (Lipinski definition) is 1. The Morgan fingerprint density at radius 3 is 1.22 bits per heavy atom. The highest BCUT2D eigenvalue weighted by atomic mass is 32.1. The zero-order valence-electron chi connectivity index (χ0n) is 56.8. The molecule has 0 atom stereocenters. The lowest BCUT2D eigenvalue weighted by atomic mass is 9.97. The molecule has 5 nitrogen and oxygen atoms in total. The van der Waals surface area contributed by atoms with Crippen LogP contribution in [0.25, 0.3) is 11.0 Å². The summed E-state index contributed by atoms with van der Waals surface area (Å²) in [5.74, 6) is 8.20. The minimum atomic E-state index is 0. The maximum Gasteiger partial charge on any atom is 0.119 e. The van der Waals surface area contributed by atoms with E-state index in [1.54, 1.807) is 6.07 Å². The van der Waals surface area contributed by atoms with Crippen LogP contribution in [0, 0.1) is 13.8 Å². The Balaban J connectivity index is -0.000000312. The van der Waals surface area contributed by atoms with Gasteiger partial charge in [0.2, 0.25) is 0 Å². The van der Waals surface area contributed by atoms with Crippen molar-refractivity contribution in [2.45, 2.75) is 276 Å². The maximum absolute atomic E-state index is 9.28. The first-order valence-corrected chi connectivity index (χ1v) is 32.7. The largest absolute Gasteiger partial charge is 0.508 e. The highest BCUT2D eigenvalue weighted by Crippen LogP contribution is 2.40. The Kier molecular flexibility index (Phi) is 50.3. The molecule has 6 aromatic carbocycles. The summed E-state index contributed by atoms with van der Waals surface area (Å²) in [4.78, 5) is 10.4. The standard InChI is InChI=1S/C13H16N2.C12H18.C11H16.2C10H14.C9H12O.C7H12N2.C7H10S.7CH4/c1-9(2)13-14-11-5-3-4-6-12(11)15(13)10-7-8-10;1-9(2)11-5-7-12(8-6-11)10(3)4;1-4-10-5-7-11(8-6-10)9(2)3;1-8(2)10-6-4-9(3)5-7-10;1-8(2)10-6-4-5-9(3)7-10;1-7(2)8-5-3-4-6-9(8)10;1-6(2)7-8-4-5-9(7)3;1-6(2)7-4-3-5-8-7;;;;;;;/h3-6,9-10H,7-8H2,1-2H3;5-10H,1-4H3;5-9H,4H2,1-3H3;2*4-8H,1-3H3;3-7,10H,1-2H3;4-6H,1-3H3;3-6H,1-2H3;7*1H4. The zero-order valence-corrected chi connectivity index (χ0v) is 57.6. The number of aromatic nitrogens is 4. The van der Waals surface area contributed by atoms with E-state index in [0.717, 1.165) is 29.4 Å². The Morgan fingerprint density at radius 2 is 0.891 bits per heavy atom. The molecule has 0 radical (unpaired) electrons. The van der Waals surface area contributed by atoms with Gasteiger partial charge in [0.05, 0.1) is 11.0 Å². The van der Waals surface area contributed by atoms with Crippen molar-refractivity contribution in [1.29, 1.82) is 0 Å². The first-order chi connectivity index (χ1) is 40.2. The van der Waals surface area contributed by atoms with Crippen molar-refractivity contribution in [2.75, 3.05) is 0 Å². The molecule has 0 amide bonds. The van der Waals surface area contributed by atoms with Crippen molar-refractivity contribution in [3.05, 3.63) is 242 Å². The molecule has 92 heavy (non-hydrogen) atoms. The third kappa shape index (κ3) is 33.9. The number of phenols is 1. The first-order valence-electron chi connectivity index (χ1n) is 31.8. The second-order valence-corrected chi connectivity index (χ2v) is 26.5. The number of aromatic hydroxyl groups is 1. The SMILES string of the molecule is C.C.C.C.C.C.C.CC(C)c1ccc(C(C)C)cc1.CC(C)c1ccccc1O.CC(C)c1cccs1.CC(C)c1nc2ccccc2n1C1CC1.CC(C)c1nccn1C.CCc1ccc(C(C)C)cc1.Cc1ccc(C(C)C)cc1.Cc1cccc(C(C)C)c1. The van der Waals surface area contributed by atoms with Gasteiger partial charge in [-0.25, -0.2) is 9.97 Å². The third-order valence-corrected chi connectivity index (χ3v) is 16.0. The molecule has 3 aromatic heterocycles. The summed E-state index contributed by atoms with van der Waals surface area (Å²) in [5, 5.41) is 11.4. The van der Waals surface area contributed by atoms with Gasteiger partial charge < -0.3 is 14.2 Å². The molecule has 1 N–H and O–H groups in total. The fourth-order valence-corrected chi connectivity index (χ4v) is 9.84. The Bertz CT molecular complexity index is 3140. The van der Waals surface area contributed by atoms with Gasteiger partial charge in [-0.2, -0.15) is 0 Å². The number of para-hydroxylation sites is 3. The number of rotatable bonds is 11. The van der Waals surface area contributed by atoms with Gasteiger partial charge in [0.15, 0.2) is 0 Å². The molecule has 0 saturated heterocycles. The van der Waals surface area contributed by atoms with Gasteiger partial charge in [-0.15, -0.1) is 11.3 Å². The van der Waals surface area contributed by atoms with Crippen molar-refractivity contribution < 1.29 is 5.11 Å². The van der Waals surface area contributed by atoms with E-state index in [4.69, 9.17) is 4.98 Å². The molecule has 1 fully saturated rings. The average Bonchev–Trinajstić information content (AvgIpc) is 1.62. The van der Waals surface area contributed by atoms with Crippen LogP contribution in [0.1, 0.15) is 322 Å². The number of thiophene rings is 1. The van der Waals surface area contributed by atoms with Crippen molar-refractivity contribution in [1.82, 2.24) is 19.1 Å². The zero-order chi connectivity index (χ0) is 63.3. The Labute approximate surface area is 574 Å². The summed E-state index contributed by atoms with van der Waals surface area (Å²) in [5.41, 5.74) is 14.7. The molecule has 0 spiro atoms. The van der Waals surface area contributed by atoms with Crippen molar-refractivity contribution >= 4 is 22.4 Å². The lowest BCUT2D eigenvalue weighted by Crippen LogP contribution is -2.02. The summed E-state index contributed by atoms with van der Waals surface area (Å²) in [7, 11) is 2.02. The van der Waals surface area contributed by atoms with Crippen molar-refractivity contribution in [3.63, 3.8) is 0 Å². The molecular weight excluding hydrogens is 1140 g/mol.